The second kappa shape index (κ2) is 24.0. The van der Waals surface area contributed by atoms with Crippen LogP contribution in [0.5, 0.6) is 0 Å². The Morgan fingerprint density at radius 1 is 0.500 bits per heavy atom. The predicted octanol–water partition coefficient (Wildman–Crippen LogP) is 3.39. The Labute approximate surface area is 231 Å². The van der Waals surface area contributed by atoms with E-state index in [1.54, 1.807) is 7.11 Å². The number of esters is 1. The van der Waals surface area contributed by atoms with Crippen molar-refractivity contribution in [3.63, 3.8) is 0 Å². The number of carbonyl (C=O) groups excluding carboxylic acids is 1. The van der Waals surface area contributed by atoms with E-state index in [1.165, 1.54) is 0 Å². The van der Waals surface area contributed by atoms with Gasteiger partial charge in [0, 0.05) is 7.11 Å². The normalized spacial score (nSPS) is 13.1. The highest BCUT2D eigenvalue weighted by Crippen LogP contribution is 2.36. The van der Waals surface area contributed by atoms with Gasteiger partial charge >= 0.3 is 5.97 Å². The van der Waals surface area contributed by atoms with Crippen LogP contribution in [0.15, 0.2) is 0 Å². The molecule has 0 amide bonds. The standard InChI is InChI=1S/C28H56O10/c1-27(2,3)24-25(28(4,5)6)26(29)38-23-22-37-21-20-36-19-18-35-17-16-34-15-14-33-13-12-32-11-10-31-9-8-30-7/h25H,8-24H2,1-7H3. The van der Waals surface area contributed by atoms with Gasteiger partial charge in [-0.05, 0) is 17.3 Å². The Morgan fingerprint density at radius 2 is 0.789 bits per heavy atom. The van der Waals surface area contributed by atoms with Crippen LogP contribution in [0.3, 0.4) is 0 Å². The molecule has 0 aliphatic heterocycles. The van der Waals surface area contributed by atoms with Gasteiger partial charge < -0.3 is 42.6 Å². The van der Waals surface area contributed by atoms with Crippen LogP contribution in [0.25, 0.3) is 0 Å². The fraction of sp³-hybridized carbons (Fsp3) is 0.964. The summed E-state index contributed by atoms with van der Waals surface area (Å²) in [5.41, 5.74) is -0.0778. The molecule has 0 heterocycles. The summed E-state index contributed by atoms with van der Waals surface area (Å²) < 4.78 is 48.4. The molecule has 1 atom stereocenters. The predicted molar refractivity (Wildman–Crippen MR) is 146 cm³/mol. The molecule has 0 rings (SSSR count). The van der Waals surface area contributed by atoms with Crippen molar-refractivity contribution in [2.24, 2.45) is 16.7 Å². The SMILES string of the molecule is COCCOCCOCCOCCOCCOCCOCCOCCOC(=O)C(CC(C)(C)C)C(C)(C)C. The fourth-order valence-electron chi connectivity index (χ4n) is 3.22. The maximum Gasteiger partial charge on any atom is 0.309 e. The third kappa shape index (κ3) is 25.4. The first-order chi connectivity index (χ1) is 18.1. The molecule has 0 aromatic carbocycles. The topological polar surface area (TPSA) is 100 Å². The third-order valence-corrected chi connectivity index (χ3v) is 5.28. The molecule has 0 saturated carbocycles. The maximum absolute atomic E-state index is 12.5. The van der Waals surface area contributed by atoms with Crippen LogP contribution in [-0.2, 0) is 47.4 Å². The summed E-state index contributed by atoms with van der Waals surface area (Å²) in [7, 11) is 1.64. The number of hydrogen-bond donors (Lipinski definition) is 0. The van der Waals surface area contributed by atoms with Gasteiger partial charge in [0.1, 0.15) is 6.61 Å². The highest BCUT2D eigenvalue weighted by atomic mass is 16.6. The smallest absolute Gasteiger partial charge is 0.309 e. The zero-order valence-electron chi connectivity index (χ0n) is 25.2. The first kappa shape index (κ1) is 37.1. The highest BCUT2D eigenvalue weighted by Gasteiger charge is 2.35. The highest BCUT2D eigenvalue weighted by molar-refractivity contribution is 5.73. The molecule has 228 valence electrons. The minimum atomic E-state index is -0.151. The maximum atomic E-state index is 12.5. The second-order valence-corrected chi connectivity index (χ2v) is 11.1. The van der Waals surface area contributed by atoms with Crippen LogP contribution in [0.4, 0.5) is 0 Å². The lowest BCUT2D eigenvalue weighted by atomic mass is 9.72. The molecule has 0 aromatic rings. The first-order valence-corrected chi connectivity index (χ1v) is 13.8. The Morgan fingerprint density at radius 3 is 1.05 bits per heavy atom. The molecule has 0 aliphatic carbocycles. The summed E-state index contributed by atoms with van der Waals surface area (Å²) in [4.78, 5) is 12.5. The van der Waals surface area contributed by atoms with Crippen molar-refractivity contribution in [1.29, 1.82) is 0 Å². The Bertz CT molecular complexity index is 531. The average molecular weight is 553 g/mol. The van der Waals surface area contributed by atoms with Crippen molar-refractivity contribution in [3.05, 3.63) is 0 Å². The van der Waals surface area contributed by atoms with Gasteiger partial charge in [-0.15, -0.1) is 0 Å². The number of hydrogen-bond acceptors (Lipinski definition) is 10. The molecule has 0 aromatic heterocycles. The van der Waals surface area contributed by atoms with Gasteiger partial charge in [-0.1, -0.05) is 41.5 Å². The third-order valence-electron chi connectivity index (χ3n) is 5.28. The van der Waals surface area contributed by atoms with Crippen LogP contribution < -0.4 is 0 Å². The molecule has 10 nitrogen and oxygen atoms in total. The van der Waals surface area contributed by atoms with E-state index in [9.17, 15) is 4.79 Å². The van der Waals surface area contributed by atoms with Crippen molar-refractivity contribution >= 4 is 5.97 Å². The summed E-state index contributed by atoms with van der Waals surface area (Å²) in [5.74, 6) is -0.292. The van der Waals surface area contributed by atoms with E-state index >= 15 is 0 Å². The number of carbonyl (C=O) groups is 1. The number of rotatable bonds is 26. The molecule has 0 N–H and O–H groups in total. The van der Waals surface area contributed by atoms with Crippen LogP contribution in [-0.4, -0.2) is 119 Å². The Kier molecular flexibility index (Phi) is 23.5. The van der Waals surface area contributed by atoms with Gasteiger partial charge in [0.2, 0.25) is 0 Å². The Balaban J connectivity index is 3.39. The summed E-state index contributed by atoms with van der Waals surface area (Å²) >= 11 is 0. The van der Waals surface area contributed by atoms with E-state index in [2.05, 4.69) is 41.5 Å². The molecule has 0 radical (unpaired) electrons. The minimum Gasteiger partial charge on any atom is -0.463 e. The minimum absolute atomic E-state index is 0.0630. The van der Waals surface area contributed by atoms with Gasteiger partial charge in [0.15, 0.2) is 0 Å². The Hall–Kier alpha value is -0.850. The second-order valence-electron chi connectivity index (χ2n) is 11.1. The van der Waals surface area contributed by atoms with Crippen molar-refractivity contribution in [2.45, 2.75) is 48.0 Å². The summed E-state index contributed by atoms with van der Waals surface area (Å²) in [6.45, 7) is 20.5. The fourth-order valence-corrected chi connectivity index (χ4v) is 3.22. The van der Waals surface area contributed by atoms with E-state index in [4.69, 9.17) is 42.6 Å². The molecule has 10 heteroatoms. The summed E-state index contributed by atoms with van der Waals surface area (Å²) in [5, 5.41) is 0. The lowest BCUT2D eigenvalue weighted by Gasteiger charge is -2.33. The van der Waals surface area contributed by atoms with Gasteiger partial charge in [0.25, 0.3) is 0 Å². The molecule has 38 heavy (non-hydrogen) atoms. The molecule has 0 spiro atoms. The van der Waals surface area contributed by atoms with E-state index < -0.39 is 0 Å². The summed E-state index contributed by atoms with van der Waals surface area (Å²) in [6.07, 6.45) is 0.788. The first-order valence-electron chi connectivity index (χ1n) is 13.8. The van der Waals surface area contributed by atoms with Gasteiger partial charge in [0.05, 0.1) is 105 Å². The van der Waals surface area contributed by atoms with Crippen LogP contribution in [0.2, 0.25) is 0 Å². The van der Waals surface area contributed by atoms with Crippen LogP contribution in [0.1, 0.15) is 48.0 Å². The van der Waals surface area contributed by atoms with E-state index in [1.807, 2.05) is 0 Å². The monoisotopic (exact) mass is 552 g/mol. The lowest BCUT2D eigenvalue weighted by Crippen LogP contribution is -2.34. The quantitative estimate of drug-likeness (QED) is 0.117. The number of ether oxygens (including phenoxy) is 9. The summed E-state index contributed by atoms with van der Waals surface area (Å²) in [6, 6.07) is 0. The van der Waals surface area contributed by atoms with Crippen molar-refractivity contribution in [3.8, 4) is 0 Å². The zero-order chi connectivity index (χ0) is 28.5. The molecule has 1 unspecified atom stereocenters. The lowest BCUT2D eigenvalue weighted by molar-refractivity contribution is -0.155. The van der Waals surface area contributed by atoms with Gasteiger partial charge in [-0.25, -0.2) is 0 Å². The molecule has 0 bridgehead atoms. The zero-order valence-corrected chi connectivity index (χ0v) is 25.2. The average Bonchev–Trinajstić information content (AvgIpc) is 2.84. The molecule has 0 aliphatic rings. The van der Waals surface area contributed by atoms with Crippen molar-refractivity contribution < 1.29 is 47.4 Å². The molecule has 0 saturated heterocycles. The van der Waals surface area contributed by atoms with Crippen LogP contribution >= 0.6 is 0 Å². The van der Waals surface area contributed by atoms with E-state index in [0.29, 0.717) is 99.1 Å². The van der Waals surface area contributed by atoms with E-state index in [0.717, 1.165) is 6.42 Å². The van der Waals surface area contributed by atoms with Crippen molar-refractivity contribution in [2.75, 3.05) is 113 Å². The molecular weight excluding hydrogens is 496 g/mol. The molecule has 0 fully saturated rings. The van der Waals surface area contributed by atoms with Gasteiger partial charge in [-0.2, -0.15) is 0 Å². The largest absolute Gasteiger partial charge is 0.463 e. The van der Waals surface area contributed by atoms with Gasteiger partial charge in [-0.3, -0.25) is 4.79 Å². The van der Waals surface area contributed by atoms with E-state index in [-0.39, 0.29) is 29.3 Å². The van der Waals surface area contributed by atoms with Crippen molar-refractivity contribution in [1.82, 2.24) is 0 Å². The number of methoxy groups -OCH3 is 1. The molecular formula is C28H56O10. The van der Waals surface area contributed by atoms with Crippen LogP contribution in [0, 0.1) is 16.7 Å².